The molecule has 0 bridgehead atoms. The number of aryl methyl sites for hydroxylation is 1. The monoisotopic (exact) mass is 266 g/mol. The van der Waals surface area contributed by atoms with Crippen LogP contribution in [-0.4, -0.2) is 44.9 Å². The molecular formula is C14H22N2O3. The molecule has 1 aromatic carbocycles. The molecule has 0 amide bonds. The molecule has 0 aliphatic rings. The van der Waals surface area contributed by atoms with Crippen molar-refractivity contribution >= 4 is 11.7 Å². The molecule has 0 saturated carbocycles. The lowest BCUT2D eigenvalue weighted by atomic mass is 10.1. The Morgan fingerprint density at radius 2 is 2.21 bits per heavy atom. The van der Waals surface area contributed by atoms with Crippen molar-refractivity contribution in [3.63, 3.8) is 0 Å². The number of ether oxygens (including phenoxy) is 1. The van der Waals surface area contributed by atoms with E-state index in [0.29, 0.717) is 6.54 Å². The van der Waals surface area contributed by atoms with Gasteiger partial charge in [-0.05, 0) is 31.2 Å². The van der Waals surface area contributed by atoms with E-state index >= 15 is 0 Å². The summed E-state index contributed by atoms with van der Waals surface area (Å²) in [5.41, 5.74) is 2.10. The number of rotatable bonds is 7. The summed E-state index contributed by atoms with van der Waals surface area (Å²) in [5, 5.41) is 11.9. The van der Waals surface area contributed by atoms with Crippen molar-refractivity contribution in [3.05, 3.63) is 23.8 Å². The molecule has 1 unspecified atom stereocenters. The Morgan fingerprint density at radius 1 is 1.53 bits per heavy atom. The fourth-order valence-electron chi connectivity index (χ4n) is 1.92. The van der Waals surface area contributed by atoms with Gasteiger partial charge in [-0.2, -0.15) is 0 Å². The fraction of sp³-hybridized carbons (Fsp3) is 0.500. The highest BCUT2D eigenvalue weighted by Gasteiger charge is 2.19. The van der Waals surface area contributed by atoms with Crippen LogP contribution in [0, 0.1) is 0 Å². The van der Waals surface area contributed by atoms with E-state index in [9.17, 15) is 4.79 Å². The van der Waals surface area contributed by atoms with Crippen molar-refractivity contribution in [3.8, 4) is 5.75 Å². The third-order valence-corrected chi connectivity index (χ3v) is 3.17. The predicted octanol–water partition coefficient (Wildman–Crippen LogP) is 1.37. The number of benzene rings is 1. The zero-order valence-electron chi connectivity index (χ0n) is 11.9. The van der Waals surface area contributed by atoms with Crippen molar-refractivity contribution in [1.82, 2.24) is 5.32 Å². The molecule has 0 spiro atoms. The van der Waals surface area contributed by atoms with Gasteiger partial charge in [0.25, 0.3) is 0 Å². The Hall–Kier alpha value is -1.75. The van der Waals surface area contributed by atoms with Crippen LogP contribution in [0.2, 0.25) is 0 Å². The summed E-state index contributed by atoms with van der Waals surface area (Å²) in [4.78, 5) is 13.0. The molecule has 19 heavy (non-hydrogen) atoms. The van der Waals surface area contributed by atoms with Crippen molar-refractivity contribution in [2.24, 2.45) is 0 Å². The van der Waals surface area contributed by atoms with Crippen molar-refractivity contribution in [1.29, 1.82) is 0 Å². The molecule has 1 rings (SSSR count). The first-order chi connectivity index (χ1) is 9.03. The molecule has 5 nitrogen and oxygen atoms in total. The van der Waals surface area contributed by atoms with E-state index in [1.54, 1.807) is 14.2 Å². The number of hydrogen-bond acceptors (Lipinski definition) is 4. The van der Waals surface area contributed by atoms with Crippen LogP contribution in [0.4, 0.5) is 5.69 Å². The summed E-state index contributed by atoms with van der Waals surface area (Å²) in [6.07, 6.45) is 0.930. The van der Waals surface area contributed by atoms with Gasteiger partial charge in [0.05, 0.1) is 12.8 Å². The lowest BCUT2D eigenvalue weighted by Gasteiger charge is -2.25. The second-order valence-corrected chi connectivity index (χ2v) is 4.42. The van der Waals surface area contributed by atoms with Crippen LogP contribution >= 0.6 is 0 Å². The minimum Gasteiger partial charge on any atom is -0.495 e. The molecule has 0 fully saturated rings. The Bertz CT molecular complexity index is 435. The third kappa shape index (κ3) is 3.86. The molecule has 0 aliphatic heterocycles. The molecule has 5 heteroatoms. The average Bonchev–Trinajstić information content (AvgIpc) is 2.43. The van der Waals surface area contributed by atoms with Gasteiger partial charge in [-0.25, -0.2) is 0 Å². The maximum absolute atomic E-state index is 11.1. The number of nitrogens with one attached hydrogen (secondary N) is 1. The normalized spacial score (nSPS) is 12.0. The molecule has 106 valence electrons. The minimum atomic E-state index is -0.861. The predicted molar refractivity (Wildman–Crippen MR) is 76.1 cm³/mol. The zero-order chi connectivity index (χ0) is 14.4. The highest BCUT2D eigenvalue weighted by molar-refractivity contribution is 5.74. The van der Waals surface area contributed by atoms with E-state index in [-0.39, 0.29) is 0 Å². The van der Waals surface area contributed by atoms with E-state index in [4.69, 9.17) is 9.84 Å². The van der Waals surface area contributed by atoms with Gasteiger partial charge < -0.3 is 20.1 Å². The number of likely N-dealkylation sites (N-methyl/N-ethyl adjacent to an activating group) is 2. The average molecular weight is 266 g/mol. The molecule has 1 aromatic rings. The van der Waals surface area contributed by atoms with E-state index in [1.807, 2.05) is 30.1 Å². The minimum absolute atomic E-state index is 0.370. The number of methoxy groups -OCH3 is 1. The van der Waals surface area contributed by atoms with Gasteiger partial charge in [0, 0.05) is 13.6 Å². The Balaban J connectivity index is 2.96. The molecule has 2 N–H and O–H groups in total. The van der Waals surface area contributed by atoms with Gasteiger partial charge in [-0.3, -0.25) is 4.79 Å². The lowest BCUT2D eigenvalue weighted by molar-refractivity contribution is -0.139. The number of hydrogen-bond donors (Lipinski definition) is 2. The molecule has 0 radical (unpaired) electrons. The van der Waals surface area contributed by atoms with E-state index in [2.05, 4.69) is 12.2 Å². The highest BCUT2D eigenvalue weighted by Crippen LogP contribution is 2.28. The van der Waals surface area contributed by atoms with Gasteiger partial charge in [0.1, 0.15) is 11.8 Å². The fourth-order valence-corrected chi connectivity index (χ4v) is 1.92. The third-order valence-electron chi connectivity index (χ3n) is 3.17. The number of carboxylic acid groups (broad SMARTS) is 1. The number of aliphatic carboxylic acids is 1. The quantitative estimate of drug-likeness (QED) is 0.780. The first-order valence-electron chi connectivity index (χ1n) is 6.31. The maximum Gasteiger partial charge on any atom is 0.322 e. The van der Waals surface area contributed by atoms with Crippen LogP contribution in [0.3, 0.4) is 0 Å². The Labute approximate surface area is 114 Å². The second kappa shape index (κ2) is 6.99. The van der Waals surface area contributed by atoms with E-state index in [0.717, 1.165) is 17.9 Å². The SMILES string of the molecule is CCc1ccc(OC)c(N(C)CC(NC)C(=O)O)c1. The molecular weight excluding hydrogens is 244 g/mol. The number of carbonyl (C=O) groups is 1. The number of nitrogens with zero attached hydrogens (tertiary/aromatic N) is 1. The molecule has 0 heterocycles. The van der Waals surface area contributed by atoms with Crippen LogP contribution in [-0.2, 0) is 11.2 Å². The molecule has 0 saturated heterocycles. The van der Waals surface area contributed by atoms with Crippen molar-refractivity contribution in [2.45, 2.75) is 19.4 Å². The summed E-state index contributed by atoms with van der Waals surface area (Å²) in [5.74, 6) is -0.111. The summed E-state index contributed by atoms with van der Waals surface area (Å²) in [6, 6.07) is 5.36. The van der Waals surface area contributed by atoms with E-state index in [1.165, 1.54) is 5.56 Å². The molecule has 0 aliphatic carbocycles. The number of anilines is 1. The first-order valence-corrected chi connectivity index (χ1v) is 6.31. The van der Waals surface area contributed by atoms with Crippen LogP contribution in [0.25, 0.3) is 0 Å². The zero-order valence-corrected chi connectivity index (χ0v) is 11.9. The van der Waals surface area contributed by atoms with E-state index < -0.39 is 12.0 Å². The Morgan fingerprint density at radius 3 is 2.68 bits per heavy atom. The standard InChI is InChI=1S/C14H22N2O3/c1-5-10-6-7-13(19-4)12(8-10)16(3)9-11(15-2)14(17)18/h6-8,11,15H,5,9H2,1-4H3,(H,17,18). The van der Waals surface area contributed by atoms with Gasteiger partial charge in [-0.1, -0.05) is 13.0 Å². The van der Waals surface area contributed by atoms with Crippen LogP contribution in [0.15, 0.2) is 18.2 Å². The first kappa shape index (κ1) is 15.3. The molecule has 1 atom stereocenters. The Kier molecular flexibility index (Phi) is 5.63. The van der Waals surface area contributed by atoms with Crippen LogP contribution in [0.5, 0.6) is 5.75 Å². The van der Waals surface area contributed by atoms with Gasteiger partial charge >= 0.3 is 5.97 Å². The highest BCUT2D eigenvalue weighted by atomic mass is 16.5. The summed E-state index contributed by atoms with van der Waals surface area (Å²) >= 11 is 0. The van der Waals surface area contributed by atoms with Crippen LogP contribution in [0.1, 0.15) is 12.5 Å². The largest absolute Gasteiger partial charge is 0.495 e. The smallest absolute Gasteiger partial charge is 0.322 e. The van der Waals surface area contributed by atoms with Crippen molar-refractivity contribution in [2.75, 3.05) is 32.6 Å². The van der Waals surface area contributed by atoms with Crippen molar-refractivity contribution < 1.29 is 14.6 Å². The molecule has 0 aromatic heterocycles. The summed E-state index contributed by atoms with van der Waals surface area (Å²) in [7, 11) is 5.13. The van der Waals surface area contributed by atoms with Gasteiger partial charge in [0.15, 0.2) is 0 Å². The second-order valence-electron chi connectivity index (χ2n) is 4.42. The van der Waals surface area contributed by atoms with Gasteiger partial charge in [0.2, 0.25) is 0 Å². The summed E-state index contributed by atoms with van der Waals surface area (Å²) < 4.78 is 5.33. The topological polar surface area (TPSA) is 61.8 Å². The lowest BCUT2D eigenvalue weighted by Crippen LogP contribution is -2.43. The van der Waals surface area contributed by atoms with Crippen LogP contribution < -0.4 is 15.0 Å². The maximum atomic E-state index is 11.1. The van der Waals surface area contributed by atoms with Gasteiger partial charge in [-0.15, -0.1) is 0 Å². The summed E-state index contributed by atoms with van der Waals surface area (Å²) in [6.45, 7) is 2.45. The number of carboxylic acids is 1.